The molecule has 0 heterocycles. The molecule has 1 rings (SSSR count). The highest BCUT2D eigenvalue weighted by atomic mass is 16.5. The summed E-state index contributed by atoms with van der Waals surface area (Å²) < 4.78 is 5.24. The maximum atomic E-state index is 10.5. The van der Waals surface area contributed by atoms with Crippen molar-refractivity contribution in [2.75, 3.05) is 6.61 Å². The summed E-state index contributed by atoms with van der Waals surface area (Å²) >= 11 is 0. The highest BCUT2D eigenvalue weighted by Crippen LogP contribution is 2.17. The summed E-state index contributed by atoms with van der Waals surface area (Å²) in [5.41, 5.74) is 0.700. The van der Waals surface area contributed by atoms with Gasteiger partial charge < -0.3 is 9.53 Å². The first-order chi connectivity index (χ1) is 6.81. The lowest BCUT2D eigenvalue weighted by Crippen LogP contribution is -1.97. The number of hydrogen-bond donors (Lipinski definition) is 0. The lowest BCUT2D eigenvalue weighted by Gasteiger charge is -2.04. The predicted molar refractivity (Wildman–Crippen MR) is 52.0 cm³/mol. The molecule has 0 fully saturated rings. The molecule has 0 aliphatic rings. The van der Waals surface area contributed by atoms with Crippen molar-refractivity contribution in [2.45, 2.75) is 12.8 Å². The fraction of sp³-hybridized carbons (Fsp3) is 0.273. The average Bonchev–Trinajstić information content (AvgIpc) is 2.23. The Hall–Kier alpha value is -1.82. The lowest BCUT2D eigenvalue weighted by atomic mass is 10.0. The van der Waals surface area contributed by atoms with Crippen LogP contribution in [0.3, 0.4) is 0 Å². The molecular weight excluding hydrogens is 178 g/mol. The molecule has 0 aliphatic carbocycles. The van der Waals surface area contributed by atoms with Crippen molar-refractivity contribution in [1.29, 1.82) is 5.26 Å². The first-order valence-corrected chi connectivity index (χ1v) is 4.39. The van der Waals surface area contributed by atoms with Gasteiger partial charge >= 0.3 is 0 Å². The van der Waals surface area contributed by atoms with Crippen LogP contribution in [0.4, 0.5) is 0 Å². The van der Waals surface area contributed by atoms with Gasteiger partial charge in [0.05, 0.1) is 12.7 Å². The predicted octanol–water partition coefficient (Wildman–Crippen LogP) is 1.89. The SMILES string of the molecule is CCOc1ccc(C(C#N)C=O)cc1. The topological polar surface area (TPSA) is 50.1 Å². The molecule has 0 aliphatic heterocycles. The number of carbonyl (C=O) groups is 1. The molecule has 1 aromatic rings. The Kier molecular flexibility index (Phi) is 3.69. The van der Waals surface area contributed by atoms with Crippen molar-refractivity contribution < 1.29 is 9.53 Å². The van der Waals surface area contributed by atoms with Gasteiger partial charge in [0.1, 0.15) is 18.0 Å². The van der Waals surface area contributed by atoms with E-state index in [0.717, 1.165) is 5.75 Å². The Morgan fingerprint density at radius 3 is 2.57 bits per heavy atom. The van der Waals surface area contributed by atoms with Crippen LogP contribution in [0.5, 0.6) is 5.75 Å². The zero-order chi connectivity index (χ0) is 10.4. The maximum absolute atomic E-state index is 10.5. The molecule has 72 valence electrons. The molecule has 1 aromatic carbocycles. The van der Waals surface area contributed by atoms with E-state index in [9.17, 15) is 4.79 Å². The smallest absolute Gasteiger partial charge is 0.141 e. The van der Waals surface area contributed by atoms with Crippen molar-refractivity contribution >= 4 is 6.29 Å². The lowest BCUT2D eigenvalue weighted by molar-refractivity contribution is -0.108. The quantitative estimate of drug-likeness (QED) is 0.679. The minimum Gasteiger partial charge on any atom is -0.494 e. The summed E-state index contributed by atoms with van der Waals surface area (Å²) in [6.45, 7) is 2.51. The Bertz CT molecular complexity index is 337. The van der Waals surface area contributed by atoms with E-state index in [1.807, 2.05) is 13.0 Å². The summed E-state index contributed by atoms with van der Waals surface area (Å²) in [6, 6.07) is 8.88. The highest BCUT2D eigenvalue weighted by molar-refractivity contribution is 5.66. The summed E-state index contributed by atoms with van der Waals surface area (Å²) in [5, 5.41) is 8.64. The number of nitriles is 1. The second-order valence-electron chi connectivity index (χ2n) is 2.74. The Morgan fingerprint density at radius 1 is 1.50 bits per heavy atom. The molecule has 0 bridgehead atoms. The molecule has 0 aromatic heterocycles. The van der Waals surface area contributed by atoms with Gasteiger partial charge in [0.15, 0.2) is 0 Å². The van der Waals surface area contributed by atoms with Crippen LogP contribution in [0.2, 0.25) is 0 Å². The van der Waals surface area contributed by atoms with E-state index in [4.69, 9.17) is 10.00 Å². The Morgan fingerprint density at radius 2 is 2.14 bits per heavy atom. The highest BCUT2D eigenvalue weighted by Gasteiger charge is 2.07. The molecule has 0 radical (unpaired) electrons. The molecule has 0 amide bonds. The van der Waals surface area contributed by atoms with Crippen LogP contribution in [0.25, 0.3) is 0 Å². The molecule has 0 N–H and O–H groups in total. The standard InChI is InChI=1S/C11H11NO2/c1-2-14-11-5-3-9(4-6-11)10(7-12)8-13/h3-6,8,10H,2H2,1H3. The van der Waals surface area contributed by atoms with Gasteiger partial charge in [-0.05, 0) is 24.6 Å². The van der Waals surface area contributed by atoms with E-state index in [1.54, 1.807) is 24.3 Å². The molecule has 1 unspecified atom stereocenters. The van der Waals surface area contributed by atoms with Gasteiger partial charge in [-0.3, -0.25) is 0 Å². The largest absolute Gasteiger partial charge is 0.494 e. The molecule has 0 saturated carbocycles. The average molecular weight is 189 g/mol. The number of carbonyl (C=O) groups excluding carboxylic acids is 1. The van der Waals surface area contributed by atoms with Gasteiger partial charge in [-0.25, -0.2) is 0 Å². The first-order valence-electron chi connectivity index (χ1n) is 4.39. The van der Waals surface area contributed by atoms with Crippen molar-refractivity contribution in [2.24, 2.45) is 0 Å². The number of benzene rings is 1. The number of ether oxygens (including phenoxy) is 1. The summed E-state index contributed by atoms with van der Waals surface area (Å²) in [5.74, 6) is 0.0736. The normalized spacial score (nSPS) is 11.4. The third-order valence-electron chi connectivity index (χ3n) is 1.83. The molecule has 1 atom stereocenters. The molecule has 14 heavy (non-hydrogen) atoms. The summed E-state index contributed by atoms with van der Waals surface area (Å²) in [6.07, 6.45) is 0.635. The van der Waals surface area contributed by atoms with Crippen molar-refractivity contribution in [1.82, 2.24) is 0 Å². The monoisotopic (exact) mass is 189 g/mol. The summed E-state index contributed by atoms with van der Waals surface area (Å²) in [7, 11) is 0. The first kappa shape index (κ1) is 10.3. The third kappa shape index (κ3) is 2.33. The number of rotatable bonds is 4. The Balaban J connectivity index is 2.83. The number of nitrogens with zero attached hydrogens (tertiary/aromatic N) is 1. The number of hydrogen-bond acceptors (Lipinski definition) is 3. The van der Waals surface area contributed by atoms with Crippen LogP contribution in [-0.4, -0.2) is 12.9 Å². The zero-order valence-electron chi connectivity index (χ0n) is 7.93. The third-order valence-corrected chi connectivity index (χ3v) is 1.83. The van der Waals surface area contributed by atoms with Gasteiger partial charge in [-0.15, -0.1) is 0 Å². The second kappa shape index (κ2) is 5.03. The minimum atomic E-state index is -0.675. The Labute approximate surface area is 82.9 Å². The maximum Gasteiger partial charge on any atom is 0.141 e. The molecule has 3 heteroatoms. The number of aldehydes is 1. The van der Waals surface area contributed by atoms with Crippen LogP contribution in [-0.2, 0) is 4.79 Å². The van der Waals surface area contributed by atoms with Crippen LogP contribution in [0.15, 0.2) is 24.3 Å². The molecular formula is C11H11NO2. The second-order valence-corrected chi connectivity index (χ2v) is 2.74. The van der Waals surface area contributed by atoms with Crippen molar-refractivity contribution in [3.63, 3.8) is 0 Å². The van der Waals surface area contributed by atoms with Crippen LogP contribution in [0.1, 0.15) is 18.4 Å². The van der Waals surface area contributed by atoms with Gasteiger partial charge in [0, 0.05) is 0 Å². The van der Waals surface area contributed by atoms with E-state index in [0.29, 0.717) is 18.5 Å². The van der Waals surface area contributed by atoms with Crippen LogP contribution < -0.4 is 4.74 Å². The molecule has 3 nitrogen and oxygen atoms in total. The van der Waals surface area contributed by atoms with Crippen molar-refractivity contribution in [3.8, 4) is 11.8 Å². The van der Waals surface area contributed by atoms with Gasteiger partial charge in [-0.2, -0.15) is 5.26 Å². The van der Waals surface area contributed by atoms with E-state index in [-0.39, 0.29) is 0 Å². The fourth-order valence-corrected chi connectivity index (χ4v) is 1.12. The minimum absolute atomic E-state index is 0.606. The van der Waals surface area contributed by atoms with Crippen LogP contribution >= 0.6 is 0 Å². The van der Waals surface area contributed by atoms with Crippen molar-refractivity contribution in [3.05, 3.63) is 29.8 Å². The van der Waals surface area contributed by atoms with E-state index in [2.05, 4.69) is 0 Å². The molecule has 0 spiro atoms. The van der Waals surface area contributed by atoms with E-state index >= 15 is 0 Å². The van der Waals surface area contributed by atoms with E-state index < -0.39 is 5.92 Å². The zero-order valence-corrected chi connectivity index (χ0v) is 7.93. The fourth-order valence-electron chi connectivity index (χ4n) is 1.12. The summed E-state index contributed by atoms with van der Waals surface area (Å²) in [4.78, 5) is 10.5. The van der Waals surface area contributed by atoms with Gasteiger partial charge in [0.25, 0.3) is 0 Å². The van der Waals surface area contributed by atoms with E-state index in [1.165, 1.54) is 0 Å². The van der Waals surface area contributed by atoms with Crippen LogP contribution in [0, 0.1) is 11.3 Å². The van der Waals surface area contributed by atoms with Gasteiger partial charge in [0.2, 0.25) is 0 Å². The van der Waals surface area contributed by atoms with Gasteiger partial charge in [-0.1, -0.05) is 12.1 Å². The molecule has 0 saturated heterocycles.